The molecule has 3 aromatic carbocycles. The van der Waals surface area contributed by atoms with E-state index in [0.717, 1.165) is 28.4 Å². The van der Waals surface area contributed by atoms with Crippen LogP contribution in [0.1, 0.15) is 17.2 Å². The number of hydrogen-bond donors (Lipinski definition) is 1. The van der Waals surface area contributed by atoms with Crippen LogP contribution < -0.4 is 19.9 Å². The van der Waals surface area contributed by atoms with Crippen molar-refractivity contribution >= 4 is 11.4 Å². The molecule has 1 N–H and O–H groups in total. The van der Waals surface area contributed by atoms with Gasteiger partial charge in [-0.2, -0.15) is 0 Å². The molecule has 0 aromatic heterocycles. The summed E-state index contributed by atoms with van der Waals surface area (Å²) >= 11 is 0. The lowest BCUT2D eigenvalue weighted by Crippen LogP contribution is -2.33. The first-order chi connectivity index (χ1) is 13.3. The van der Waals surface area contributed by atoms with Gasteiger partial charge in [-0.25, -0.2) is 0 Å². The number of rotatable bonds is 5. The zero-order chi connectivity index (χ0) is 18.6. The molecule has 4 heteroatoms. The van der Waals surface area contributed by atoms with Gasteiger partial charge in [0.05, 0.1) is 31.6 Å². The Labute approximate surface area is 159 Å². The molecule has 136 valence electrons. The molecule has 0 bridgehead atoms. The van der Waals surface area contributed by atoms with Crippen molar-refractivity contribution in [3.05, 3.63) is 96.1 Å². The quantitative estimate of drug-likeness (QED) is 0.710. The maximum absolute atomic E-state index is 5.30. The van der Waals surface area contributed by atoms with E-state index in [1.807, 2.05) is 30.3 Å². The van der Waals surface area contributed by atoms with E-state index in [0.29, 0.717) is 0 Å². The lowest BCUT2D eigenvalue weighted by Gasteiger charge is -2.28. The highest BCUT2D eigenvalue weighted by molar-refractivity contribution is 5.72. The minimum atomic E-state index is 0.0690. The second-order valence-corrected chi connectivity index (χ2v) is 6.34. The molecule has 0 amide bonds. The summed E-state index contributed by atoms with van der Waals surface area (Å²) < 4.78 is 10.6. The van der Waals surface area contributed by atoms with E-state index < -0.39 is 0 Å². The fraction of sp³-hybridized carbons (Fsp3) is 0.130. The fourth-order valence-corrected chi connectivity index (χ4v) is 3.26. The molecule has 3 aromatic rings. The summed E-state index contributed by atoms with van der Waals surface area (Å²) in [4.78, 5) is 0. The van der Waals surface area contributed by atoms with E-state index in [1.54, 1.807) is 14.2 Å². The minimum absolute atomic E-state index is 0.0690. The van der Waals surface area contributed by atoms with E-state index >= 15 is 0 Å². The Kier molecular flexibility index (Phi) is 4.71. The van der Waals surface area contributed by atoms with Crippen molar-refractivity contribution in [2.75, 3.05) is 19.2 Å². The van der Waals surface area contributed by atoms with Crippen LogP contribution in [0.4, 0.5) is 5.69 Å². The summed E-state index contributed by atoms with van der Waals surface area (Å²) in [6, 6.07) is 26.7. The number of anilines is 1. The van der Waals surface area contributed by atoms with Gasteiger partial charge >= 0.3 is 0 Å². The Morgan fingerprint density at radius 3 is 1.93 bits per heavy atom. The monoisotopic (exact) mass is 358 g/mol. The summed E-state index contributed by atoms with van der Waals surface area (Å²) in [5.74, 6) is 1.70. The predicted octanol–water partition coefficient (Wildman–Crippen LogP) is 4.81. The maximum Gasteiger partial charge on any atom is 0.119 e. The number of methoxy groups -OCH3 is 2. The number of nitrogens with zero attached hydrogens (tertiary/aromatic N) is 1. The van der Waals surface area contributed by atoms with Gasteiger partial charge in [0.25, 0.3) is 0 Å². The van der Waals surface area contributed by atoms with Crippen LogP contribution in [0.25, 0.3) is 5.70 Å². The smallest absolute Gasteiger partial charge is 0.119 e. The van der Waals surface area contributed by atoms with E-state index in [-0.39, 0.29) is 6.04 Å². The number of benzene rings is 3. The van der Waals surface area contributed by atoms with Crippen LogP contribution in [0.2, 0.25) is 0 Å². The normalized spacial score (nSPS) is 15.9. The van der Waals surface area contributed by atoms with Gasteiger partial charge in [-0.3, -0.25) is 10.4 Å². The molecule has 0 aliphatic carbocycles. The highest BCUT2D eigenvalue weighted by Crippen LogP contribution is 2.36. The predicted molar refractivity (Wildman–Crippen MR) is 109 cm³/mol. The number of hydrogen-bond acceptors (Lipinski definition) is 4. The number of hydrazine groups is 1. The molecule has 1 aliphatic rings. The largest absolute Gasteiger partial charge is 0.497 e. The SMILES string of the molecule is COc1ccc(C2C=C(c3ccccc3)NN2c2ccc(OC)cc2)cc1. The van der Waals surface area contributed by atoms with Crippen molar-refractivity contribution in [2.45, 2.75) is 6.04 Å². The van der Waals surface area contributed by atoms with E-state index in [1.165, 1.54) is 5.56 Å². The lowest BCUT2D eigenvalue weighted by molar-refractivity contribution is 0.414. The van der Waals surface area contributed by atoms with E-state index in [4.69, 9.17) is 9.47 Å². The standard InChI is InChI=1S/C23H22N2O2/c1-26-20-12-8-18(9-13-20)23-16-22(17-6-4-3-5-7-17)24-25(23)19-10-14-21(27-2)15-11-19/h3-16,23-24H,1-2H3. The van der Waals surface area contributed by atoms with Crippen LogP contribution >= 0.6 is 0 Å². The van der Waals surface area contributed by atoms with Crippen molar-refractivity contribution in [3.8, 4) is 11.5 Å². The van der Waals surface area contributed by atoms with Gasteiger partial charge in [-0.05, 0) is 53.6 Å². The van der Waals surface area contributed by atoms with Crippen molar-refractivity contribution in [2.24, 2.45) is 0 Å². The first-order valence-corrected chi connectivity index (χ1v) is 8.89. The van der Waals surface area contributed by atoms with Gasteiger partial charge in [-0.15, -0.1) is 0 Å². The van der Waals surface area contributed by atoms with Crippen LogP contribution in [0, 0.1) is 0 Å². The summed E-state index contributed by atoms with van der Waals surface area (Å²) in [5, 5.41) is 2.17. The van der Waals surface area contributed by atoms with E-state index in [9.17, 15) is 0 Å². The molecular formula is C23H22N2O2. The van der Waals surface area contributed by atoms with Crippen LogP contribution in [-0.2, 0) is 0 Å². The molecule has 0 fully saturated rings. The van der Waals surface area contributed by atoms with Crippen molar-refractivity contribution in [3.63, 3.8) is 0 Å². The Balaban J connectivity index is 1.71. The van der Waals surface area contributed by atoms with Gasteiger partial charge in [0.1, 0.15) is 11.5 Å². The summed E-state index contributed by atoms with van der Waals surface area (Å²) in [6.45, 7) is 0. The molecule has 4 rings (SSSR count). The molecule has 0 saturated heterocycles. The van der Waals surface area contributed by atoms with Gasteiger partial charge in [0.15, 0.2) is 0 Å². The second-order valence-electron chi connectivity index (χ2n) is 6.34. The first-order valence-electron chi connectivity index (χ1n) is 8.89. The van der Waals surface area contributed by atoms with Crippen LogP contribution in [0.3, 0.4) is 0 Å². The van der Waals surface area contributed by atoms with Crippen LogP contribution in [0.15, 0.2) is 84.9 Å². The molecule has 27 heavy (non-hydrogen) atoms. The fourth-order valence-electron chi connectivity index (χ4n) is 3.26. The summed E-state index contributed by atoms with van der Waals surface area (Å²) in [6.07, 6.45) is 2.25. The van der Waals surface area contributed by atoms with Crippen LogP contribution in [-0.4, -0.2) is 14.2 Å². The first kappa shape index (κ1) is 17.0. The minimum Gasteiger partial charge on any atom is -0.497 e. The van der Waals surface area contributed by atoms with Gasteiger partial charge < -0.3 is 9.47 Å². The Bertz CT molecular complexity index is 919. The van der Waals surface area contributed by atoms with Gasteiger partial charge in [-0.1, -0.05) is 42.5 Å². The third-order valence-corrected chi connectivity index (χ3v) is 4.74. The zero-order valence-corrected chi connectivity index (χ0v) is 15.4. The number of ether oxygens (including phenoxy) is 2. The van der Waals surface area contributed by atoms with Crippen molar-refractivity contribution in [1.82, 2.24) is 5.43 Å². The Hall–Kier alpha value is -3.40. The van der Waals surface area contributed by atoms with Crippen molar-refractivity contribution in [1.29, 1.82) is 0 Å². The average molecular weight is 358 g/mol. The topological polar surface area (TPSA) is 33.7 Å². The lowest BCUT2D eigenvalue weighted by atomic mass is 10.0. The second kappa shape index (κ2) is 7.46. The van der Waals surface area contributed by atoms with Gasteiger partial charge in [0.2, 0.25) is 0 Å². The molecule has 0 spiro atoms. The van der Waals surface area contributed by atoms with E-state index in [2.05, 4.69) is 65.0 Å². The highest BCUT2D eigenvalue weighted by Gasteiger charge is 2.27. The third kappa shape index (κ3) is 3.47. The zero-order valence-electron chi connectivity index (χ0n) is 15.4. The van der Waals surface area contributed by atoms with Gasteiger partial charge in [0, 0.05) is 0 Å². The molecule has 0 saturated carbocycles. The molecule has 1 heterocycles. The number of nitrogens with one attached hydrogen (secondary N) is 1. The molecule has 1 atom stereocenters. The average Bonchev–Trinajstić information content (AvgIpc) is 3.20. The van der Waals surface area contributed by atoms with Crippen molar-refractivity contribution < 1.29 is 9.47 Å². The molecule has 4 nitrogen and oxygen atoms in total. The molecule has 1 aliphatic heterocycles. The molecule has 1 unspecified atom stereocenters. The molecular weight excluding hydrogens is 336 g/mol. The third-order valence-electron chi connectivity index (χ3n) is 4.74. The van der Waals surface area contributed by atoms with Crippen LogP contribution in [0.5, 0.6) is 11.5 Å². The maximum atomic E-state index is 5.30. The highest BCUT2D eigenvalue weighted by atomic mass is 16.5. The summed E-state index contributed by atoms with van der Waals surface area (Å²) in [7, 11) is 3.36. The Morgan fingerprint density at radius 2 is 1.33 bits per heavy atom. The Morgan fingerprint density at radius 1 is 0.741 bits per heavy atom. The summed E-state index contributed by atoms with van der Waals surface area (Å²) in [5.41, 5.74) is 8.06. The molecule has 0 radical (unpaired) electrons.